The summed E-state index contributed by atoms with van der Waals surface area (Å²) < 4.78 is 18.6. The number of aromatic nitrogens is 2. The Labute approximate surface area is 142 Å². The van der Waals surface area contributed by atoms with E-state index in [1.807, 2.05) is 0 Å². The highest BCUT2D eigenvalue weighted by Crippen LogP contribution is 2.19. The number of H-pyrrole nitrogens is 1. The Bertz CT molecular complexity index is 1000. The summed E-state index contributed by atoms with van der Waals surface area (Å²) >= 11 is 0. The number of fused-ring (bicyclic) bond motifs is 1. The molecule has 2 aromatic carbocycles. The maximum atomic E-state index is 13.8. The van der Waals surface area contributed by atoms with E-state index in [1.54, 1.807) is 31.3 Å². The number of amides is 1. The molecule has 0 spiro atoms. The van der Waals surface area contributed by atoms with Crippen LogP contribution in [0, 0.1) is 5.82 Å². The number of benzene rings is 2. The van der Waals surface area contributed by atoms with E-state index in [9.17, 15) is 14.0 Å². The maximum Gasteiger partial charge on any atom is 0.258 e. The van der Waals surface area contributed by atoms with Gasteiger partial charge in [0.25, 0.3) is 11.5 Å². The Morgan fingerprint density at radius 2 is 2.04 bits per heavy atom. The van der Waals surface area contributed by atoms with Gasteiger partial charge in [0.15, 0.2) is 11.6 Å². The Morgan fingerprint density at radius 3 is 2.76 bits per heavy atom. The lowest BCUT2D eigenvalue weighted by Crippen LogP contribution is -2.28. The van der Waals surface area contributed by atoms with Gasteiger partial charge in [0, 0.05) is 12.6 Å². The normalized spacial score (nSPS) is 10.7. The summed E-state index contributed by atoms with van der Waals surface area (Å²) in [7, 11) is 2.91. The van der Waals surface area contributed by atoms with E-state index in [0.29, 0.717) is 16.7 Å². The number of methoxy groups -OCH3 is 1. The number of carbonyl (C=O) groups excluding carboxylic acids is 1. The molecule has 6 nitrogen and oxygen atoms in total. The predicted molar refractivity (Wildman–Crippen MR) is 91.1 cm³/mol. The third-order valence-electron chi connectivity index (χ3n) is 3.79. The number of aromatic amines is 1. The van der Waals surface area contributed by atoms with Gasteiger partial charge in [-0.15, -0.1) is 0 Å². The summed E-state index contributed by atoms with van der Waals surface area (Å²) in [4.78, 5) is 32.9. The molecular formula is C18H16FN3O3. The molecule has 0 fully saturated rings. The van der Waals surface area contributed by atoms with Gasteiger partial charge in [-0.25, -0.2) is 9.37 Å². The molecule has 128 valence electrons. The zero-order valence-corrected chi connectivity index (χ0v) is 13.7. The van der Waals surface area contributed by atoms with Crippen molar-refractivity contribution in [3.05, 3.63) is 70.0 Å². The van der Waals surface area contributed by atoms with E-state index >= 15 is 0 Å². The number of halogens is 1. The largest absolute Gasteiger partial charge is 0.494 e. The molecule has 25 heavy (non-hydrogen) atoms. The monoisotopic (exact) mass is 341 g/mol. The van der Waals surface area contributed by atoms with Crippen molar-refractivity contribution in [1.29, 1.82) is 0 Å². The zero-order valence-electron chi connectivity index (χ0n) is 13.7. The molecule has 3 aromatic rings. The topological polar surface area (TPSA) is 75.3 Å². The van der Waals surface area contributed by atoms with Crippen LogP contribution in [-0.2, 0) is 6.54 Å². The van der Waals surface area contributed by atoms with Gasteiger partial charge in [-0.05, 0) is 30.3 Å². The molecule has 0 unspecified atom stereocenters. The average Bonchev–Trinajstić information content (AvgIpc) is 2.61. The second-order valence-electron chi connectivity index (χ2n) is 5.54. The molecule has 1 heterocycles. The van der Waals surface area contributed by atoms with Crippen molar-refractivity contribution in [3.8, 4) is 5.75 Å². The van der Waals surface area contributed by atoms with Crippen LogP contribution in [0.1, 0.15) is 16.2 Å². The first kappa shape index (κ1) is 16.6. The Hall–Kier alpha value is -3.22. The van der Waals surface area contributed by atoms with Crippen molar-refractivity contribution in [1.82, 2.24) is 14.9 Å². The van der Waals surface area contributed by atoms with Crippen LogP contribution in [-0.4, -0.2) is 34.9 Å². The van der Waals surface area contributed by atoms with Crippen LogP contribution < -0.4 is 10.3 Å². The fraction of sp³-hybridized carbons (Fsp3) is 0.167. The Morgan fingerprint density at radius 1 is 1.28 bits per heavy atom. The third kappa shape index (κ3) is 3.35. The van der Waals surface area contributed by atoms with Crippen molar-refractivity contribution in [2.45, 2.75) is 6.54 Å². The number of hydrogen-bond acceptors (Lipinski definition) is 4. The van der Waals surface area contributed by atoms with E-state index in [-0.39, 0.29) is 23.4 Å². The number of carbonyl (C=O) groups is 1. The van der Waals surface area contributed by atoms with Crippen LogP contribution in [0.3, 0.4) is 0 Å². The number of nitrogens with one attached hydrogen (secondary N) is 1. The van der Waals surface area contributed by atoms with E-state index in [4.69, 9.17) is 4.74 Å². The van der Waals surface area contributed by atoms with Crippen molar-refractivity contribution in [2.24, 2.45) is 0 Å². The molecule has 0 saturated heterocycles. The number of rotatable bonds is 4. The van der Waals surface area contributed by atoms with E-state index < -0.39 is 11.7 Å². The van der Waals surface area contributed by atoms with Crippen LogP contribution in [0.15, 0.2) is 47.3 Å². The second-order valence-corrected chi connectivity index (χ2v) is 5.54. The fourth-order valence-corrected chi connectivity index (χ4v) is 2.53. The fourth-order valence-electron chi connectivity index (χ4n) is 2.53. The van der Waals surface area contributed by atoms with Crippen LogP contribution >= 0.6 is 0 Å². The van der Waals surface area contributed by atoms with Gasteiger partial charge >= 0.3 is 0 Å². The first-order valence-electron chi connectivity index (χ1n) is 7.56. The number of nitrogens with zero attached hydrogens (tertiary/aromatic N) is 2. The number of para-hydroxylation sites is 1. The van der Waals surface area contributed by atoms with Gasteiger partial charge in [-0.2, -0.15) is 0 Å². The lowest BCUT2D eigenvalue weighted by atomic mass is 10.2. The van der Waals surface area contributed by atoms with Gasteiger partial charge in [0.1, 0.15) is 5.82 Å². The van der Waals surface area contributed by atoms with E-state index in [2.05, 4.69) is 9.97 Å². The highest BCUT2D eigenvalue weighted by Gasteiger charge is 2.16. The smallest absolute Gasteiger partial charge is 0.258 e. The molecule has 1 N–H and O–H groups in total. The lowest BCUT2D eigenvalue weighted by Gasteiger charge is -2.17. The molecule has 0 aliphatic carbocycles. The van der Waals surface area contributed by atoms with Gasteiger partial charge < -0.3 is 14.6 Å². The van der Waals surface area contributed by atoms with Gasteiger partial charge in [-0.1, -0.05) is 12.1 Å². The van der Waals surface area contributed by atoms with E-state index in [1.165, 1.54) is 24.1 Å². The molecular weight excluding hydrogens is 325 g/mol. The minimum Gasteiger partial charge on any atom is -0.494 e. The summed E-state index contributed by atoms with van der Waals surface area (Å²) in [5, 5.41) is 0.484. The zero-order chi connectivity index (χ0) is 18.0. The predicted octanol–water partition coefficient (Wildman–Crippen LogP) is 2.34. The summed E-state index contributed by atoms with van der Waals surface area (Å²) in [6.45, 7) is 0.0898. The minimum atomic E-state index is -0.612. The molecule has 0 aliphatic rings. The Balaban J connectivity index is 1.84. The minimum absolute atomic E-state index is 0.0692. The van der Waals surface area contributed by atoms with Crippen LogP contribution in [0.2, 0.25) is 0 Å². The molecule has 0 atom stereocenters. The van der Waals surface area contributed by atoms with Crippen molar-refractivity contribution < 1.29 is 13.9 Å². The first-order valence-corrected chi connectivity index (χ1v) is 7.56. The van der Waals surface area contributed by atoms with Crippen molar-refractivity contribution >= 4 is 16.8 Å². The Kier molecular flexibility index (Phi) is 4.47. The summed E-state index contributed by atoms with van der Waals surface area (Å²) in [6.07, 6.45) is 0. The number of ether oxygens (including phenoxy) is 1. The standard InChI is InChI=1S/C18H16FN3O3/c1-22(18(24)11-7-8-15(25-2)13(19)9-11)10-16-20-14-6-4-3-5-12(14)17(23)21-16/h3-9H,10H2,1-2H3,(H,20,21,23). The van der Waals surface area contributed by atoms with Crippen molar-refractivity contribution in [3.63, 3.8) is 0 Å². The molecule has 1 amide bonds. The highest BCUT2D eigenvalue weighted by molar-refractivity contribution is 5.94. The highest BCUT2D eigenvalue weighted by atomic mass is 19.1. The number of hydrogen-bond donors (Lipinski definition) is 1. The van der Waals surface area contributed by atoms with Crippen LogP contribution in [0.4, 0.5) is 4.39 Å². The average molecular weight is 341 g/mol. The summed E-state index contributed by atoms with van der Waals surface area (Å²) in [5.74, 6) is -0.579. The van der Waals surface area contributed by atoms with Crippen LogP contribution in [0.5, 0.6) is 5.75 Å². The molecule has 0 aliphatic heterocycles. The molecule has 7 heteroatoms. The van der Waals surface area contributed by atoms with Crippen LogP contribution in [0.25, 0.3) is 10.9 Å². The summed E-state index contributed by atoms with van der Waals surface area (Å²) in [5.41, 5.74) is 0.471. The third-order valence-corrected chi connectivity index (χ3v) is 3.79. The lowest BCUT2D eigenvalue weighted by molar-refractivity contribution is 0.0781. The molecule has 1 aromatic heterocycles. The molecule has 0 saturated carbocycles. The summed E-state index contributed by atoms with van der Waals surface area (Å²) in [6, 6.07) is 11.0. The SMILES string of the molecule is COc1ccc(C(=O)N(C)Cc2nc3ccccc3c(=O)[nH]2)cc1F. The molecule has 3 rings (SSSR count). The van der Waals surface area contributed by atoms with Gasteiger partial charge in [0.2, 0.25) is 0 Å². The van der Waals surface area contributed by atoms with Gasteiger partial charge in [0.05, 0.1) is 24.6 Å². The molecule has 0 bridgehead atoms. The first-order chi connectivity index (χ1) is 12.0. The second kappa shape index (κ2) is 6.72. The molecule has 0 radical (unpaired) electrons. The maximum absolute atomic E-state index is 13.8. The quantitative estimate of drug-likeness (QED) is 0.790. The van der Waals surface area contributed by atoms with Crippen molar-refractivity contribution in [2.75, 3.05) is 14.2 Å². The van der Waals surface area contributed by atoms with Gasteiger partial charge in [-0.3, -0.25) is 9.59 Å². The van der Waals surface area contributed by atoms with E-state index in [0.717, 1.165) is 6.07 Å².